The molecule has 3 nitrogen and oxygen atoms in total. The molecular formula is C16H28O3. The summed E-state index contributed by atoms with van der Waals surface area (Å²) in [5, 5.41) is 0. The van der Waals surface area contributed by atoms with Gasteiger partial charge in [-0.2, -0.15) is 0 Å². The van der Waals surface area contributed by atoms with Crippen LogP contribution in [-0.4, -0.2) is 17.3 Å². The van der Waals surface area contributed by atoms with E-state index in [0.717, 1.165) is 38.5 Å². The van der Waals surface area contributed by atoms with Crippen LogP contribution in [-0.2, 0) is 14.4 Å². The standard InChI is InChI=1S/C16H28O3/c1-4-7-10-13(17)16(14(18)11-8-5-2)15(19)12-9-6-3/h16H,4-12H2,1-3H3. The molecule has 110 valence electrons. The van der Waals surface area contributed by atoms with Crippen molar-refractivity contribution in [3.63, 3.8) is 0 Å². The fraction of sp³-hybridized carbons (Fsp3) is 0.812. The van der Waals surface area contributed by atoms with Crippen LogP contribution in [0.1, 0.15) is 78.6 Å². The summed E-state index contributed by atoms with van der Waals surface area (Å²) in [6.07, 6.45) is 6.08. The maximum Gasteiger partial charge on any atom is 0.150 e. The predicted octanol–water partition coefficient (Wildman–Crippen LogP) is 3.88. The summed E-state index contributed by atoms with van der Waals surface area (Å²) < 4.78 is 0. The molecule has 0 aromatic carbocycles. The second-order valence-corrected chi connectivity index (χ2v) is 5.14. The lowest BCUT2D eigenvalue weighted by molar-refractivity contribution is -0.140. The summed E-state index contributed by atoms with van der Waals surface area (Å²) in [6.45, 7) is 6.00. The van der Waals surface area contributed by atoms with E-state index in [1.54, 1.807) is 0 Å². The van der Waals surface area contributed by atoms with E-state index in [1.165, 1.54) is 0 Å². The van der Waals surface area contributed by atoms with Crippen LogP contribution in [0.5, 0.6) is 0 Å². The molecule has 0 aliphatic heterocycles. The molecule has 0 amide bonds. The molecule has 0 atom stereocenters. The smallest absolute Gasteiger partial charge is 0.150 e. The van der Waals surface area contributed by atoms with Crippen LogP contribution >= 0.6 is 0 Å². The molecule has 0 unspecified atom stereocenters. The molecule has 0 aromatic rings. The molecule has 0 saturated heterocycles. The number of carbonyl (C=O) groups excluding carboxylic acids is 3. The Labute approximate surface area is 117 Å². The molecule has 3 heteroatoms. The summed E-state index contributed by atoms with van der Waals surface area (Å²) in [7, 11) is 0. The zero-order chi connectivity index (χ0) is 14.7. The van der Waals surface area contributed by atoms with Crippen molar-refractivity contribution < 1.29 is 14.4 Å². The van der Waals surface area contributed by atoms with Crippen LogP contribution in [0.4, 0.5) is 0 Å². The average molecular weight is 268 g/mol. The van der Waals surface area contributed by atoms with Gasteiger partial charge in [0, 0.05) is 19.3 Å². The number of ketones is 3. The summed E-state index contributed by atoms with van der Waals surface area (Å²) >= 11 is 0. The average Bonchev–Trinajstić information content (AvgIpc) is 2.40. The maximum atomic E-state index is 12.1. The molecule has 0 rings (SSSR count). The van der Waals surface area contributed by atoms with Crippen molar-refractivity contribution in [3.05, 3.63) is 0 Å². The van der Waals surface area contributed by atoms with Crippen molar-refractivity contribution in [1.82, 2.24) is 0 Å². The summed E-state index contributed by atoms with van der Waals surface area (Å²) in [5.74, 6) is -1.46. The van der Waals surface area contributed by atoms with Gasteiger partial charge in [0.05, 0.1) is 0 Å². The zero-order valence-corrected chi connectivity index (χ0v) is 12.7. The van der Waals surface area contributed by atoms with Crippen LogP contribution < -0.4 is 0 Å². The van der Waals surface area contributed by atoms with E-state index in [4.69, 9.17) is 0 Å². The molecule has 0 saturated carbocycles. The van der Waals surface area contributed by atoms with Gasteiger partial charge in [-0.25, -0.2) is 0 Å². The molecule has 0 aliphatic carbocycles. The Morgan fingerprint density at radius 3 is 1.11 bits per heavy atom. The van der Waals surface area contributed by atoms with Gasteiger partial charge in [0.15, 0.2) is 17.3 Å². The minimum Gasteiger partial charge on any atom is -0.298 e. The largest absolute Gasteiger partial charge is 0.298 e. The highest BCUT2D eigenvalue weighted by Gasteiger charge is 2.31. The Balaban J connectivity index is 4.66. The van der Waals surface area contributed by atoms with E-state index >= 15 is 0 Å². The van der Waals surface area contributed by atoms with E-state index < -0.39 is 5.92 Å². The second kappa shape index (κ2) is 10.9. The van der Waals surface area contributed by atoms with Crippen molar-refractivity contribution in [3.8, 4) is 0 Å². The van der Waals surface area contributed by atoms with E-state index in [1.807, 2.05) is 20.8 Å². The molecule has 0 bridgehead atoms. The van der Waals surface area contributed by atoms with Gasteiger partial charge in [-0.05, 0) is 19.3 Å². The number of carbonyl (C=O) groups is 3. The maximum absolute atomic E-state index is 12.1. The fourth-order valence-corrected chi connectivity index (χ4v) is 2.02. The highest BCUT2D eigenvalue weighted by atomic mass is 16.2. The summed E-state index contributed by atoms with van der Waals surface area (Å²) in [6, 6.07) is 0. The predicted molar refractivity (Wildman–Crippen MR) is 77.1 cm³/mol. The monoisotopic (exact) mass is 268 g/mol. The number of hydrogen-bond acceptors (Lipinski definition) is 3. The van der Waals surface area contributed by atoms with Crippen molar-refractivity contribution in [2.75, 3.05) is 0 Å². The third-order valence-corrected chi connectivity index (χ3v) is 3.30. The molecular weight excluding hydrogens is 240 g/mol. The van der Waals surface area contributed by atoms with Crippen LogP contribution in [0.25, 0.3) is 0 Å². The van der Waals surface area contributed by atoms with E-state index in [0.29, 0.717) is 19.3 Å². The van der Waals surface area contributed by atoms with Gasteiger partial charge in [-0.15, -0.1) is 0 Å². The van der Waals surface area contributed by atoms with Crippen LogP contribution in [0, 0.1) is 5.92 Å². The van der Waals surface area contributed by atoms with Gasteiger partial charge in [-0.1, -0.05) is 40.0 Å². The third-order valence-electron chi connectivity index (χ3n) is 3.30. The lowest BCUT2D eigenvalue weighted by atomic mass is 9.87. The highest BCUT2D eigenvalue weighted by Crippen LogP contribution is 2.15. The molecule has 0 heterocycles. The van der Waals surface area contributed by atoms with Gasteiger partial charge in [0.25, 0.3) is 0 Å². The van der Waals surface area contributed by atoms with Gasteiger partial charge in [0.1, 0.15) is 5.92 Å². The van der Waals surface area contributed by atoms with Crippen molar-refractivity contribution in [2.24, 2.45) is 5.92 Å². The zero-order valence-electron chi connectivity index (χ0n) is 12.7. The first-order valence-corrected chi connectivity index (χ1v) is 7.66. The van der Waals surface area contributed by atoms with Gasteiger partial charge in [0.2, 0.25) is 0 Å². The summed E-state index contributed by atoms with van der Waals surface area (Å²) in [4.78, 5) is 36.2. The Morgan fingerprint density at radius 2 is 0.895 bits per heavy atom. The minimum atomic E-state index is -0.968. The highest BCUT2D eigenvalue weighted by molar-refractivity contribution is 6.19. The molecule has 19 heavy (non-hydrogen) atoms. The first-order chi connectivity index (χ1) is 9.08. The molecule has 0 fully saturated rings. The van der Waals surface area contributed by atoms with Crippen molar-refractivity contribution >= 4 is 17.3 Å². The second-order valence-electron chi connectivity index (χ2n) is 5.14. The number of hydrogen-bond donors (Lipinski definition) is 0. The van der Waals surface area contributed by atoms with Crippen molar-refractivity contribution in [2.45, 2.75) is 78.6 Å². The number of unbranched alkanes of at least 4 members (excludes halogenated alkanes) is 3. The van der Waals surface area contributed by atoms with Crippen LogP contribution in [0.2, 0.25) is 0 Å². The molecule has 0 spiro atoms. The van der Waals surface area contributed by atoms with Crippen molar-refractivity contribution in [1.29, 1.82) is 0 Å². The molecule has 0 N–H and O–H groups in total. The molecule has 0 aromatic heterocycles. The Morgan fingerprint density at radius 1 is 0.632 bits per heavy atom. The number of Topliss-reactive ketones (excluding diaryl/α,β-unsaturated/α-hetero) is 3. The van der Waals surface area contributed by atoms with E-state index in [-0.39, 0.29) is 17.3 Å². The van der Waals surface area contributed by atoms with Gasteiger partial charge >= 0.3 is 0 Å². The van der Waals surface area contributed by atoms with Gasteiger partial charge in [-0.3, -0.25) is 14.4 Å². The fourth-order valence-electron chi connectivity index (χ4n) is 2.02. The SMILES string of the molecule is CCCCC(=O)C(C(=O)CCCC)C(=O)CCCC. The molecule has 0 aliphatic rings. The van der Waals surface area contributed by atoms with Crippen LogP contribution in [0.15, 0.2) is 0 Å². The normalized spacial score (nSPS) is 10.7. The molecule has 0 radical (unpaired) electrons. The Kier molecular flexibility index (Phi) is 10.3. The third kappa shape index (κ3) is 7.24. The lowest BCUT2D eigenvalue weighted by Gasteiger charge is -2.13. The van der Waals surface area contributed by atoms with Gasteiger partial charge < -0.3 is 0 Å². The Bertz CT molecular complexity index is 247. The quantitative estimate of drug-likeness (QED) is 0.505. The Hall–Kier alpha value is -0.990. The topological polar surface area (TPSA) is 51.2 Å². The van der Waals surface area contributed by atoms with E-state index in [2.05, 4.69) is 0 Å². The number of rotatable bonds is 12. The minimum absolute atomic E-state index is 0.163. The summed E-state index contributed by atoms with van der Waals surface area (Å²) in [5.41, 5.74) is 0. The first-order valence-electron chi connectivity index (χ1n) is 7.66. The first kappa shape index (κ1) is 18.0. The van der Waals surface area contributed by atoms with E-state index in [9.17, 15) is 14.4 Å². The van der Waals surface area contributed by atoms with Crippen LogP contribution in [0.3, 0.4) is 0 Å². The lowest BCUT2D eigenvalue weighted by Crippen LogP contribution is -2.32.